The van der Waals surface area contributed by atoms with E-state index < -0.39 is 0 Å². The van der Waals surface area contributed by atoms with Crippen molar-refractivity contribution in [3.8, 4) is 11.1 Å². The molecule has 1 aliphatic carbocycles. The molecule has 2 unspecified atom stereocenters. The van der Waals surface area contributed by atoms with Gasteiger partial charge in [-0.3, -0.25) is 0 Å². The molecule has 2 atom stereocenters. The van der Waals surface area contributed by atoms with E-state index in [1.165, 1.54) is 114 Å². The van der Waals surface area contributed by atoms with E-state index in [-0.39, 0.29) is 28.5 Å². The van der Waals surface area contributed by atoms with Gasteiger partial charge in [0.25, 0.3) is 6.71 Å². The molecule has 0 bridgehead atoms. The van der Waals surface area contributed by atoms with Crippen LogP contribution in [0.3, 0.4) is 0 Å². The number of nitrogens with zero attached hydrogens (tertiary/aromatic N) is 4. The molecule has 9 aromatic rings. The van der Waals surface area contributed by atoms with Gasteiger partial charge >= 0.3 is 0 Å². The van der Waals surface area contributed by atoms with Gasteiger partial charge in [-0.25, -0.2) is 0 Å². The molecule has 0 N–H and O–H groups in total. The molecule has 376 valence electrons. The third-order valence-corrected chi connectivity index (χ3v) is 17.9. The van der Waals surface area contributed by atoms with Gasteiger partial charge in [0.05, 0.1) is 11.2 Å². The van der Waals surface area contributed by atoms with Crippen molar-refractivity contribution in [3.05, 3.63) is 229 Å². The summed E-state index contributed by atoms with van der Waals surface area (Å²) in [7, 11) is 0. The molecule has 0 amide bonds. The number of rotatable bonds is 7. The van der Waals surface area contributed by atoms with Gasteiger partial charge in [0.15, 0.2) is 0 Å². The monoisotopic (exact) mass is 989 g/mol. The van der Waals surface area contributed by atoms with Gasteiger partial charge in [-0.15, -0.1) is 0 Å². The Bertz CT molecular complexity index is 3650. The molecular weight excluding hydrogens is 920 g/mol. The Morgan fingerprint density at radius 3 is 1.68 bits per heavy atom. The van der Waals surface area contributed by atoms with E-state index >= 15 is 0 Å². The van der Waals surface area contributed by atoms with Gasteiger partial charge in [0, 0.05) is 67.9 Å². The van der Waals surface area contributed by atoms with E-state index in [0.717, 1.165) is 24.2 Å². The molecule has 0 radical (unpaired) electrons. The van der Waals surface area contributed by atoms with E-state index in [9.17, 15) is 0 Å². The molecule has 0 spiro atoms. The molecule has 1 fully saturated rings. The van der Waals surface area contributed by atoms with Crippen LogP contribution < -0.4 is 36.0 Å². The number of hydrogen-bond acceptors (Lipinski definition) is 4. The van der Waals surface area contributed by atoms with Crippen LogP contribution in [0.2, 0.25) is 0 Å². The molecule has 0 aromatic heterocycles. The lowest BCUT2D eigenvalue weighted by molar-refractivity contribution is 0.195. The van der Waals surface area contributed by atoms with Gasteiger partial charge in [-0.2, -0.15) is 0 Å². The molecule has 9 aromatic carbocycles. The topological polar surface area (TPSA) is 13.0 Å². The highest BCUT2D eigenvalue weighted by atomic mass is 15.3. The fourth-order valence-corrected chi connectivity index (χ4v) is 13.8. The predicted molar refractivity (Wildman–Crippen MR) is 326 cm³/mol. The van der Waals surface area contributed by atoms with Crippen molar-refractivity contribution < 1.29 is 0 Å². The molecule has 1 saturated carbocycles. The number of para-hydroxylation sites is 3. The van der Waals surface area contributed by atoms with E-state index in [4.69, 9.17) is 0 Å². The molecule has 0 saturated heterocycles. The smallest absolute Gasteiger partial charge is 0.252 e. The van der Waals surface area contributed by atoms with E-state index in [0.29, 0.717) is 0 Å². The van der Waals surface area contributed by atoms with E-state index in [1.54, 1.807) is 0 Å². The summed E-state index contributed by atoms with van der Waals surface area (Å²) in [6.07, 6.45) is 4.68. The summed E-state index contributed by atoms with van der Waals surface area (Å²) >= 11 is 0. The lowest BCUT2D eigenvalue weighted by atomic mass is 9.33. The maximum Gasteiger partial charge on any atom is 0.252 e. The Balaban J connectivity index is 1.03. The molecule has 4 aliphatic rings. The summed E-state index contributed by atoms with van der Waals surface area (Å²) in [5.74, 6) is 0. The molecule has 13 rings (SSSR count). The molecule has 3 heterocycles. The summed E-state index contributed by atoms with van der Waals surface area (Å²) in [6.45, 7) is 21.3. The summed E-state index contributed by atoms with van der Waals surface area (Å²) in [6, 6.07) is 78.4. The SMILES string of the molecule is Cc1cc2c3c(c1)N(c1ccc(C(C)(C)C)cc1-c1ccccc1)c1ccccc1B3c1ccc(N3c4ccc(N(c5ccccc5)c5ccccc5)cc4C4(C)CCCCC34C)cc1N2c1ccc(C(C)(C)C)cc1. The van der Waals surface area contributed by atoms with Gasteiger partial charge in [-0.1, -0.05) is 171 Å². The third kappa shape index (κ3) is 7.47. The number of anilines is 11. The van der Waals surface area contributed by atoms with Crippen molar-refractivity contribution in [1.29, 1.82) is 0 Å². The Hall–Kier alpha value is -7.76. The second kappa shape index (κ2) is 17.7. The highest BCUT2D eigenvalue weighted by Crippen LogP contribution is 2.62. The second-order valence-electron chi connectivity index (χ2n) is 24.6. The number of aryl methyl sites for hydroxylation is 1. The minimum absolute atomic E-state index is 0.00661. The predicted octanol–water partition coefficient (Wildman–Crippen LogP) is 17.6. The summed E-state index contributed by atoms with van der Waals surface area (Å²) in [5, 5.41) is 0. The number of benzene rings is 9. The Kier molecular flexibility index (Phi) is 11.1. The van der Waals surface area contributed by atoms with Crippen molar-refractivity contribution >= 4 is 85.7 Å². The molecule has 5 heteroatoms. The van der Waals surface area contributed by atoms with Crippen LogP contribution in [-0.4, -0.2) is 12.3 Å². The summed E-state index contributed by atoms with van der Waals surface area (Å²) in [4.78, 5) is 10.4. The average molecular weight is 989 g/mol. The summed E-state index contributed by atoms with van der Waals surface area (Å²) < 4.78 is 0. The zero-order chi connectivity index (χ0) is 52.3. The van der Waals surface area contributed by atoms with E-state index in [1.807, 2.05) is 0 Å². The van der Waals surface area contributed by atoms with Crippen LogP contribution in [0.4, 0.5) is 62.6 Å². The van der Waals surface area contributed by atoms with Crippen LogP contribution in [0.15, 0.2) is 206 Å². The molecular formula is C71H69BN4. The highest BCUT2D eigenvalue weighted by molar-refractivity contribution is 7.00. The zero-order valence-corrected chi connectivity index (χ0v) is 45.8. The fourth-order valence-electron chi connectivity index (χ4n) is 13.8. The zero-order valence-electron chi connectivity index (χ0n) is 45.8. The standard InChI is InChI=1S/C71H69BN4/c1-48-43-65-67-66(44-48)75(61-39-33-51(69(5,6)7)45-57(61)49-23-13-10-14-24-49)63-30-20-19-29-59(63)72(67)60-38-36-56(47-64(60)74(65)54-34-31-50(32-35-54)68(2,3)4)76-62-40-37-55(46-58(62)70(8)41-21-22-42-71(70,76)9)73(52-25-15-11-16-26-52)53-27-17-12-18-28-53/h10-20,23-40,43-47H,21-22,41-42H2,1-9H3. The first-order chi connectivity index (χ1) is 36.6. The molecule has 76 heavy (non-hydrogen) atoms. The van der Waals surface area contributed by atoms with Crippen molar-refractivity contribution in [3.63, 3.8) is 0 Å². The maximum atomic E-state index is 2.77. The largest absolute Gasteiger partial charge is 0.334 e. The van der Waals surface area contributed by atoms with Crippen LogP contribution in [0, 0.1) is 6.92 Å². The van der Waals surface area contributed by atoms with Crippen LogP contribution in [0.25, 0.3) is 11.1 Å². The van der Waals surface area contributed by atoms with Crippen LogP contribution in [0.1, 0.15) is 103 Å². The minimum Gasteiger partial charge on any atom is -0.334 e. The Morgan fingerprint density at radius 1 is 0.447 bits per heavy atom. The summed E-state index contributed by atoms with van der Waals surface area (Å²) in [5.41, 5.74) is 24.9. The average Bonchev–Trinajstić information content (AvgIpc) is 3.66. The van der Waals surface area contributed by atoms with Crippen LogP contribution >= 0.6 is 0 Å². The first kappa shape index (κ1) is 47.9. The number of fused-ring (bicyclic) bond motifs is 7. The second-order valence-corrected chi connectivity index (χ2v) is 24.6. The molecule has 3 aliphatic heterocycles. The lowest BCUT2D eigenvalue weighted by Gasteiger charge is -2.50. The van der Waals surface area contributed by atoms with Crippen molar-refractivity contribution in [1.82, 2.24) is 0 Å². The quantitative estimate of drug-likeness (QED) is 0.148. The minimum atomic E-state index is -0.156. The van der Waals surface area contributed by atoms with E-state index in [2.05, 4.69) is 288 Å². The number of hydrogen-bond donors (Lipinski definition) is 0. The van der Waals surface area contributed by atoms with Crippen molar-refractivity contribution in [2.24, 2.45) is 0 Å². The van der Waals surface area contributed by atoms with Gasteiger partial charge < -0.3 is 19.6 Å². The Morgan fingerprint density at radius 2 is 1.01 bits per heavy atom. The highest BCUT2D eigenvalue weighted by Gasteiger charge is 2.58. The van der Waals surface area contributed by atoms with Crippen LogP contribution in [-0.2, 0) is 16.2 Å². The first-order valence-electron chi connectivity index (χ1n) is 27.8. The van der Waals surface area contributed by atoms with Gasteiger partial charge in [0.2, 0.25) is 0 Å². The first-order valence-corrected chi connectivity index (χ1v) is 27.8. The van der Waals surface area contributed by atoms with Gasteiger partial charge in [-0.05, 0) is 179 Å². The van der Waals surface area contributed by atoms with Crippen molar-refractivity contribution in [2.45, 2.75) is 110 Å². The van der Waals surface area contributed by atoms with Crippen LogP contribution in [0.5, 0.6) is 0 Å². The Labute approximate surface area is 452 Å². The molecule has 4 nitrogen and oxygen atoms in total. The van der Waals surface area contributed by atoms with Gasteiger partial charge in [0.1, 0.15) is 0 Å². The fraction of sp³-hybridized carbons (Fsp3) is 0.239. The maximum absolute atomic E-state index is 2.77. The normalized spacial score (nSPS) is 18.4. The van der Waals surface area contributed by atoms with Crippen molar-refractivity contribution in [2.75, 3.05) is 19.6 Å². The lowest BCUT2D eigenvalue weighted by Crippen LogP contribution is -2.61. The third-order valence-electron chi connectivity index (χ3n) is 17.9.